The van der Waals surface area contributed by atoms with Crippen molar-refractivity contribution < 1.29 is 4.42 Å². The van der Waals surface area contributed by atoms with Gasteiger partial charge in [-0.15, -0.1) is 11.3 Å². The topological polar surface area (TPSA) is 13.1 Å². The van der Waals surface area contributed by atoms with Gasteiger partial charge in [0.2, 0.25) is 0 Å². The predicted molar refractivity (Wildman–Crippen MR) is 46.8 cm³/mol. The Morgan fingerprint density at radius 3 is 2.82 bits per heavy atom. The van der Waals surface area contributed by atoms with E-state index in [1.165, 1.54) is 16.0 Å². The highest BCUT2D eigenvalue weighted by Crippen LogP contribution is 2.27. The molecule has 2 aromatic heterocycles. The zero-order valence-corrected chi connectivity index (χ0v) is 7.02. The molecule has 0 unspecified atom stereocenters. The highest BCUT2D eigenvalue weighted by molar-refractivity contribution is 7.10. The summed E-state index contributed by atoms with van der Waals surface area (Å²) < 4.78 is 5.00. The first-order chi connectivity index (χ1) is 5.38. The minimum atomic E-state index is 1.17. The predicted octanol–water partition coefficient (Wildman–Crippen LogP) is 3.32. The molecule has 2 heterocycles. The second-order valence-electron chi connectivity index (χ2n) is 2.40. The van der Waals surface area contributed by atoms with Crippen LogP contribution in [-0.2, 0) is 0 Å². The number of hydrogen-bond acceptors (Lipinski definition) is 2. The molecule has 0 fully saturated rings. The zero-order valence-electron chi connectivity index (χ0n) is 6.20. The van der Waals surface area contributed by atoms with E-state index in [9.17, 15) is 0 Å². The van der Waals surface area contributed by atoms with Crippen LogP contribution in [0.5, 0.6) is 0 Å². The molecule has 11 heavy (non-hydrogen) atoms. The summed E-state index contributed by atoms with van der Waals surface area (Å²) >= 11 is 1.76. The molecule has 0 saturated carbocycles. The van der Waals surface area contributed by atoms with Crippen molar-refractivity contribution in [1.82, 2.24) is 0 Å². The van der Waals surface area contributed by atoms with Gasteiger partial charge in [-0.25, -0.2) is 0 Å². The first-order valence-electron chi connectivity index (χ1n) is 3.44. The van der Waals surface area contributed by atoms with Crippen molar-refractivity contribution in [1.29, 1.82) is 0 Å². The van der Waals surface area contributed by atoms with E-state index in [-0.39, 0.29) is 0 Å². The van der Waals surface area contributed by atoms with Crippen molar-refractivity contribution in [3.8, 4) is 11.1 Å². The van der Waals surface area contributed by atoms with Crippen molar-refractivity contribution in [2.45, 2.75) is 6.92 Å². The monoisotopic (exact) mass is 164 g/mol. The van der Waals surface area contributed by atoms with E-state index in [2.05, 4.69) is 18.4 Å². The molecule has 1 nitrogen and oxygen atoms in total. The van der Waals surface area contributed by atoms with Crippen molar-refractivity contribution >= 4 is 11.3 Å². The lowest BCUT2D eigenvalue weighted by molar-refractivity contribution is 0.568. The molecule has 0 bridgehead atoms. The van der Waals surface area contributed by atoms with Gasteiger partial charge in [0.1, 0.15) is 0 Å². The second kappa shape index (κ2) is 2.55. The first kappa shape index (κ1) is 6.68. The summed E-state index contributed by atoms with van der Waals surface area (Å²) in [5.74, 6) is 0. The van der Waals surface area contributed by atoms with E-state index >= 15 is 0 Å². The fourth-order valence-electron chi connectivity index (χ4n) is 1.10. The Morgan fingerprint density at radius 1 is 1.36 bits per heavy atom. The van der Waals surface area contributed by atoms with Crippen LogP contribution in [0.25, 0.3) is 11.1 Å². The minimum Gasteiger partial charge on any atom is -0.472 e. The van der Waals surface area contributed by atoms with Crippen LogP contribution < -0.4 is 0 Å². The summed E-state index contributed by atoms with van der Waals surface area (Å²) in [6.45, 7) is 2.12. The van der Waals surface area contributed by atoms with E-state index in [0.717, 1.165) is 0 Å². The summed E-state index contributed by atoms with van der Waals surface area (Å²) in [4.78, 5) is 1.34. The molecule has 0 amide bonds. The molecule has 0 N–H and O–H groups in total. The van der Waals surface area contributed by atoms with Gasteiger partial charge >= 0.3 is 0 Å². The maximum atomic E-state index is 5.00. The molecule has 0 aliphatic rings. The average Bonchev–Trinajstić information content (AvgIpc) is 2.55. The number of aryl methyl sites for hydroxylation is 1. The molecule has 2 rings (SSSR count). The Labute approximate surface area is 69.3 Å². The van der Waals surface area contributed by atoms with E-state index in [4.69, 9.17) is 4.42 Å². The molecule has 0 spiro atoms. The Morgan fingerprint density at radius 2 is 2.27 bits per heavy atom. The van der Waals surface area contributed by atoms with Gasteiger partial charge in [-0.2, -0.15) is 0 Å². The van der Waals surface area contributed by atoms with Crippen LogP contribution in [-0.4, -0.2) is 0 Å². The van der Waals surface area contributed by atoms with Gasteiger partial charge in [-0.05, 0) is 30.0 Å². The molecule has 0 aromatic carbocycles. The third-order valence-corrected chi connectivity index (χ3v) is 2.54. The molecule has 0 aliphatic carbocycles. The maximum absolute atomic E-state index is 5.00. The first-order valence-corrected chi connectivity index (χ1v) is 4.32. The molecular formula is C9H8OS. The maximum Gasteiger partial charge on any atom is 0.0981 e. The van der Waals surface area contributed by atoms with E-state index in [1.54, 1.807) is 23.9 Å². The van der Waals surface area contributed by atoms with Crippen LogP contribution in [0.3, 0.4) is 0 Å². The van der Waals surface area contributed by atoms with E-state index in [1.807, 2.05) is 6.07 Å². The van der Waals surface area contributed by atoms with E-state index < -0.39 is 0 Å². The van der Waals surface area contributed by atoms with Crippen LogP contribution >= 0.6 is 11.3 Å². The lowest BCUT2D eigenvalue weighted by atomic mass is 10.1. The Hall–Kier alpha value is -1.02. The smallest absolute Gasteiger partial charge is 0.0981 e. The molecule has 56 valence electrons. The van der Waals surface area contributed by atoms with Gasteiger partial charge in [0.05, 0.1) is 12.5 Å². The van der Waals surface area contributed by atoms with Gasteiger partial charge in [-0.3, -0.25) is 0 Å². The summed E-state index contributed by atoms with van der Waals surface area (Å²) in [6.07, 6.45) is 3.47. The second-order valence-corrected chi connectivity index (χ2v) is 3.52. The quantitative estimate of drug-likeness (QED) is 0.630. The average molecular weight is 164 g/mol. The molecule has 0 atom stereocenters. The third-order valence-electron chi connectivity index (χ3n) is 1.69. The fraction of sp³-hybridized carbons (Fsp3) is 0.111. The lowest BCUT2D eigenvalue weighted by Gasteiger charge is -1.91. The van der Waals surface area contributed by atoms with Gasteiger partial charge in [-0.1, -0.05) is 0 Å². The third kappa shape index (κ3) is 1.10. The summed E-state index contributed by atoms with van der Waals surface area (Å²) in [5, 5.41) is 2.09. The van der Waals surface area contributed by atoms with Crippen LogP contribution in [0.1, 0.15) is 4.88 Å². The summed E-state index contributed by atoms with van der Waals surface area (Å²) in [5.41, 5.74) is 2.45. The van der Waals surface area contributed by atoms with Crippen molar-refractivity contribution in [2.24, 2.45) is 0 Å². The largest absolute Gasteiger partial charge is 0.472 e. The lowest BCUT2D eigenvalue weighted by Crippen LogP contribution is -1.68. The van der Waals surface area contributed by atoms with Gasteiger partial charge < -0.3 is 4.42 Å². The standard InChI is InChI=1S/C9H8OS/c1-7-9(3-5-11-7)8-2-4-10-6-8/h2-6H,1H3. The number of furan rings is 1. The number of thiophene rings is 1. The molecule has 0 radical (unpaired) electrons. The van der Waals surface area contributed by atoms with Gasteiger partial charge in [0.25, 0.3) is 0 Å². The van der Waals surface area contributed by atoms with Crippen LogP contribution in [0.4, 0.5) is 0 Å². The molecule has 2 aromatic rings. The number of hydrogen-bond donors (Lipinski definition) is 0. The minimum absolute atomic E-state index is 1.17. The zero-order chi connectivity index (χ0) is 7.68. The molecule has 2 heteroatoms. The van der Waals surface area contributed by atoms with E-state index in [0.29, 0.717) is 0 Å². The summed E-state index contributed by atoms with van der Waals surface area (Å²) in [7, 11) is 0. The summed E-state index contributed by atoms with van der Waals surface area (Å²) in [6, 6.07) is 4.10. The Bertz CT molecular complexity index is 332. The van der Waals surface area contributed by atoms with Crippen molar-refractivity contribution in [3.05, 3.63) is 34.9 Å². The van der Waals surface area contributed by atoms with Crippen molar-refractivity contribution in [3.63, 3.8) is 0 Å². The fourth-order valence-corrected chi connectivity index (χ4v) is 1.82. The van der Waals surface area contributed by atoms with Crippen molar-refractivity contribution in [2.75, 3.05) is 0 Å². The highest BCUT2D eigenvalue weighted by Gasteiger charge is 2.02. The van der Waals surface area contributed by atoms with Crippen LogP contribution in [0.2, 0.25) is 0 Å². The normalized spacial score (nSPS) is 10.3. The van der Waals surface area contributed by atoms with Crippen LogP contribution in [0, 0.1) is 6.92 Å². The Kier molecular flexibility index (Phi) is 1.55. The number of rotatable bonds is 1. The van der Waals surface area contributed by atoms with Crippen LogP contribution in [0.15, 0.2) is 34.5 Å². The Balaban J connectivity index is 2.53. The SMILES string of the molecule is Cc1sccc1-c1ccoc1. The van der Waals surface area contributed by atoms with Gasteiger partial charge in [0, 0.05) is 10.4 Å². The molecular weight excluding hydrogens is 156 g/mol. The highest BCUT2D eigenvalue weighted by atomic mass is 32.1. The molecule has 0 aliphatic heterocycles. The van der Waals surface area contributed by atoms with Gasteiger partial charge in [0.15, 0.2) is 0 Å². The molecule has 0 saturated heterocycles.